The minimum absolute atomic E-state index is 0.468. The van der Waals surface area contributed by atoms with Crippen LogP contribution in [0.5, 0.6) is 0 Å². The Morgan fingerprint density at radius 3 is 2.67 bits per heavy atom. The number of rotatable bonds is 6. The van der Waals surface area contributed by atoms with Gasteiger partial charge in [-0.1, -0.05) is 6.42 Å². The maximum Gasteiger partial charge on any atom is 0.105 e. The third-order valence-electron chi connectivity index (χ3n) is 3.64. The number of likely N-dealkylation sites (tertiary alicyclic amines) is 1. The lowest BCUT2D eigenvalue weighted by Crippen LogP contribution is -2.45. The third kappa shape index (κ3) is 4.46. The molecular formula is C15H26N2O. The number of furan rings is 1. The molecule has 0 amide bonds. The van der Waals surface area contributed by atoms with E-state index in [1.807, 2.05) is 12.1 Å². The molecule has 2 heterocycles. The normalized spacial score (nSPS) is 20.8. The molecular weight excluding hydrogens is 224 g/mol. The Bertz CT molecular complexity index is 317. The Hall–Kier alpha value is -0.800. The molecule has 0 radical (unpaired) electrons. The van der Waals surface area contributed by atoms with E-state index in [4.69, 9.17) is 4.42 Å². The fourth-order valence-electron chi connectivity index (χ4n) is 2.86. The molecule has 2 unspecified atom stereocenters. The van der Waals surface area contributed by atoms with E-state index in [1.165, 1.54) is 38.9 Å². The highest BCUT2D eigenvalue weighted by Crippen LogP contribution is 2.09. The van der Waals surface area contributed by atoms with Crippen LogP contribution in [0.4, 0.5) is 0 Å². The lowest BCUT2D eigenvalue weighted by molar-refractivity contribution is 0.204. The zero-order valence-electron chi connectivity index (χ0n) is 11.7. The van der Waals surface area contributed by atoms with Crippen LogP contribution in [0.25, 0.3) is 0 Å². The molecule has 0 aliphatic carbocycles. The first kappa shape index (κ1) is 13.6. The molecule has 2 atom stereocenters. The summed E-state index contributed by atoms with van der Waals surface area (Å²) < 4.78 is 5.39. The van der Waals surface area contributed by atoms with Crippen LogP contribution in [0, 0.1) is 0 Å². The van der Waals surface area contributed by atoms with Crippen molar-refractivity contribution in [3.63, 3.8) is 0 Å². The first-order valence-corrected chi connectivity index (χ1v) is 7.25. The molecule has 1 aromatic heterocycles. The van der Waals surface area contributed by atoms with Crippen molar-refractivity contribution in [2.75, 3.05) is 19.6 Å². The fourth-order valence-corrected chi connectivity index (χ4v) is 2.86. The van der Waals surface area contributed by atoms with Crippen LogP contribution in [-0.4, -0.2) is 36.6 Å². The van der Waals surface area contributed by atoms with Crippen molar-refractivity contribution in [1.82, 2.24) is 10.2 Å². The maximum atomic E-state index is 5.39. The van der Waals surface area contributed by atoms with Crippen molar-refractivity contribution in [3.05, 3.63) is 24.2 Å². The molecule has 0 bridgehead atoms. The van der Waals surface area contributed by atoms with Crippen LogP contribution >= 0.6 is 0 Å². The van der Waals surface area contributed by atoms with Gasteiger partial charge in [-0.3, -0.25) is 0 Å². The van der Waals surface area contributed by atoms with E-state index >= 15 is 0 Å². The second-order valence-electron chi connectivity index (χ2n) is 5.61. The average Bonchev–Trinajstić information content (AvgIpc) is 2.82. The third-order valence-corrected chi connectivity index (χ3v) is 3.64. The summed E-state index contributed by atoms with van der Waals surface area (Å²) in [4.78, 5) is 2.58. The Morgan fingerprint density at radius 2 is 2.00 bits per heavy atom. The van der Waals surface area contributed by atoms with Gasteiger partial charge in [0.2, 0.25) is 0 Å². The van der Waals surface area contributed by atoms with Gasteiger partial charge in [0.15, 0.2) is 0 Å². The minimum Gasteiger partial charge on any atom is -0.469 e. The molecule has 1 aliphatic rings. The van der Waals surface area contributed by atoms with Gasteiger partial charge in [0, 0.05) is 25.0 Å². The molecule has 1 N–H and O–H groups in total. The predicted octanol–water partition coefficient (Wildman–Crippen LogP) is 2.67. The molecule has 2 rings (SSSR count). The summed E-state index contributed by atoms with van der Waals surface area (Å²) in [6.45, 7) is 8.24. The van der Waals surface area contributed by atoms with Gasteiger partial charge in [0.1, 0.15) is 5.76 Å². The van der Waals surface area contributed by atoms with Crippen LogP contribution in [0.2, 0.25) is 0 Å². The van der Waals surface area contributed by atoms with Crippen molar-refractivity contribution in [2.45, 2.75) is 51.6 Å². The van der Waals surface area contributed by atoms with Crippen molar-refractivity contribution < 1.29 is 4.42 Å². The Balaban J connectivity index is 1.67. The molecule has 3 heteroatoms. The predicted molar refractivity (Wildman–Crippen MR) is 74.8 cm³/mol. The monoisotopic (exact) mass is 250 g/mol. The molecule has 102 valence electrons. The average molecular weight is 250 g/mol. The highest BCUT2D eigenvalue weighted by Gasteiger charge is 2.15. The summed E-state index contributed by atoms with van der Waals surface area (Å²) in [5.74, 6) is 1.07. The molecule has 0 aromatic carbocycles. The Kier molecular flexibility index (Phi) is 5.26. The van der Waals surface area contributed by atoms with Gasteiger partial charge >= 0.3 is 0 Å². The van der Waals surface area contributed by atoms with Crippen molar-refractivity contribution in [1.29, 1.82) is 0 Å². The maximum absolute atomic E-state index is 5.39. The van der Waals surface area contributed by atoms with E-state index in [-0.39, 0.29) is 0 Å². The largest absolute Gasteiger partial charge is 0.469 e. The van der Waals surface area contributed by atoms with Gasteiger partial charge in [0.05, 0.1) is 6.26 Å². The summed E-state index contributed by atoms with van der Waals surface area (Å²) in [5.41, 5.74) is 0. The summed E-state index contributed by atoms with van der Waals surface area (Å²) in [5, 5.41) is 3.66. The lowest BCUT2D eigenvalue weighted by Gasteiger charge is -2.30. The van der Waals surface area contributed by atoms with Crippen LogP contribution in [0.1, 0.15) is 38.9 Å². The first-order valence-electron chi connectivity index (χ1n) is 7.25. The van der Waals surface area contributed by atoms with Crippen molar-refractivity contribution in [2.24, 2.45) is 0 Å². The van der Waals surface area contributed by atoms with E-state index in [0.29, 0.717) is 12.1 Å². The summed E-state index contributed by atoms with van der Waals surface area (Å²) in [7, 11) is 0. The van der Waals surface area contributed by atoms with E-state index < -0.39 is 0 Å². The van der Waals surface area contributed by atoms with E-state index in [0.717, 1.165) is 12.2 Å². The van der Waals surface area contributed by atoms with Gasteiger partial charge in [0.25, 0.3) is 0 Å². The lowest BCUT2D eigenvalue weighted by atomic mass is 10.1. The fraction of sp³-hybridized carbons (Fsp3) is 0.733. The van der Waals surface area contributed by atoms with E-state index in [1.54, 1.807) is 6.26 Å². The van der Waals surface area contributed by atoms with Gasteiger partial charge in [-0.25, -0.2) is 0 Å². The summed E-state index contributed by atoms with van der Waals surface area (Å²) in [6.07, 6.45) is 6.87. The molecule has 0 saturated carbocycles. The molecule has 1 aliphatic heterocycles. The topological polar surface area (TPSA) is 28.4 Å². The van der Waals surface area contributed by atoms with Gasteiger partial charge < -0.3 is 14.6 Å². The van der Waals surface area contributed by atoms with Crippen LogP contribution in [0.3, 0.4) is 0 Å². The number of piperidine rings is 1. The smallest absolute Gasteiger partial charge is 0.105 e. The Morgan fingerprint density at radius 1 is 1.22 bits per heavy atom. The Labute approximate surface area is 111 Å². The highest BCUT2D eigenvalue weighted by atomic mass is 16.3. The van der Waals surface area contributed by atoms with Crippen LogP contribution in [0.15, 0.2) is 22.8 Å². The molecule has 18 heavy (non-hydrogen) atoms. The molecule has 1 saturated heterocycles. The summed E-state index contributed by atoms with van der Waals surface area (Å²) in [6, 6.07) is 5.02. The zero-order chi connectivity index (χ0) is 12.8. The second kappa shape index (κ2) is 6.95. The quantitative estimate of drug-likeness (QED) is 0.841. The van der Waals surface area contributed by atoms with Crippen LogP contribution < -0.4 is 5.32 Å². The number of hydrogen-bond acceptors (Lipinski definition) is 3. The number of nitrogens with zero attached hydrogens (tertiary/aromatic N) is 1. The van der Waals surface area contributed by atoms with Crippen molar-refractivity contribution in [3.8, 4) is 0 Å². The minimum atomic E-state index is 0.468. The van der Waals surface area contributed by atoms with Crippen molar-refractivity contribution >= 4 is 0 Å². The molecule has 0 spiro atoms. The standard InChI is InChI=1S/C15H26N2O/c1-13(11-15-7-6-10-18-15)16-14(2)12-17-8-4-3-5-9-17/h6-7,10,13-14,16H,3-5,8-9,11-12H2,1-2H3. The van der Waals surface area contributed by atoms with Gasteiger partial charge in [-0.05, 0) is 51.9 Å². The van der Waals surface area contributed by atoms with Gasteiger partial charge in [-0.15, -0.1) is 0 Å². The molecule has 3 nitrogen and oxygen atoms in total. The SMILES string of the molecule is CC(Cc1ccco1)NC(C)CN1CCCCC1. The first-order chi connectivity index (χ1) is 8.74. The zero-order valence-corrected chi connectivity index (χ0v) is 11.7. The molecule has 1 aromatic rings. The van der Waals surface area contributed by atoms with Crippen LogP contribution in [-0.2, 0) is 6.42 Å². The number of nitrogens with one attached hydrogen (secondary N) is 1. The number of hydrogen-bond donors (Lipinski definition) is 1. The van der Waals surface area contributed by atoms with Gasteiger partial charge in [-0.2, -0.15) is 0 Å². The summed E-state index contributed by atoms with van der Waals surface area (Å²) >= 11 is 0. The van der Waals surface area contributed by atoms with E-state index in [9.17, 15) is 0 Å². The molecule has 1 fully saturated rings. The second-order valence-corrected chi connectivity index (χ2v) is 5.61. The highest BCUT2D eigenvalue weighted by molar-refractivity contribution is 5.00. The van der Waals surface area contributed by atoms with E-state index in [2.05, 4.69) is 24.1 Å².